The van der Waals surface area contributed by atoms with Gasteiger partial charge in [-0.3, -0.25) is 0 Å². The first-order chi connectivity index (χ1) is 6.99. The van der Waals surface area contributed by atoms with Crippen molar-refractivity contribution in [3.05, 3.63) is 23.8 Å². The Bertz CT molecular complexity index is 289. The number of hydrogen-bond acceptors (Lipinski definition) is 3. The third kappa shape index (κ3) is 5.67. The highest BCUT2D eigenvalue weighted by molar-refractivity contribution is 5.86. The molecule has 15 heavy (non-hydrogen) atoms. The van der Waals surface area contributed by atoms with E-state index in [1.165, 1.54) is 0 Å². The van der Waals surface area contributed by atoms with Crippen LogP contribution in [0.15, 0.2) is 23.8 Å². The van der Waals surface area contributed by atoms with E-state index in [1.807, 2.05) is 0 Å². The smallest absolute Gasteiger partial charge is 0.331 e. The molecule has 0 saturated heterocycles. The Morgan fingerprint density at radius 2 is 2.00 bits per heavy atom. The van der Waals surface area contributed by atoms with Crippen LogP contribution in [0.2, 0.25) is 0 Å². The molecule has 4 nitrogen and oxygen atoms in total. The van der Waals surface area contributed by atoms with Crippen molar-refractivity contribution in [2.45, 2.75) is 26.7 Å². The van der Waals surface area contributed by atoms with Crippen molar-refractivity contribution in [2.24, 2.45) is 0 Å². The van der Waals surface area contributed by atoms with E-state index in [2.05, 4.69) is 6.58 Å². The van der Waals surface area contributed by atoms with Crippen molar-refractivity contribution >= 4 is 11.9 Å². The molecule has 0 aromatic carbocycles. The topological polar surface area (TPSA) is 63.6 Å². The lowest BCUT2D eigenvalue weighted by Gasteiger charge is -2.04. The molecule has 0 rings (SSSR count). The van der Waals surface area contributed by atoms with Gasteiger partial charge in [-0.1, -0.05) is 12.2 Å². The Morgan fingerprint density at radius 3 is 2.47 bits per heavy atom. The lowest BCUT2D eigenvalue weighted by Crippen LogP contribution is -2.03. The van der Waals surface area contributed by atoms with Crippen molar-refractivity contribution in [3.8, 4) is 0 Å². The van der Waals surface area contributed by atoms with Gasteiger partial charge in [-0.25, -0.2) is 9.59 Å². The summed E-state index contributed by atoms with van der Waals surface area (Å²) in [5.41, 5.74) is 1.15. The lowest BCUT2D eigenvalue weighted by atomic mass is 10.1. The Morgan fingerprint density at radius 1 is 1.40 bits per heavy atom. The maximum Gasteiger partial charge on any atom is 0.331 e. The summed E-state index contributed by atoms with van der Waals surface area (Å²) in [5.74, 6) is -1.36. The predicted molar refractivity (Wildman–Crippen MR) is 56.4 cm³/mol. The van der Waals surface area contributed by atoms with Crippen LogP contribution in [-0.4, -0.2) is 23.7 Å². The lowest BCUT2D eigenvalue weighted by molar-refractivity contribution is -0.138. The molecule has 0 radical (unpaired) electrons. The van der Waals surface area contributed by atoms with Crippen LogP contribution >= 0.6 is 0 Å². The van der Waals surface area contributed by atoms with Crippen LogP contribution in [0.3, 0.4) is 0 Å². The standard InChI is InChI=1S/C11H16O4/c1-4-10(12)15-7-5-6-8(2)9(3)11(13)14/h4H,1,5-7H2,2-3H3,(H,13,14). The van der Waals surface area contributed by atoms with Gasteiger partial charge in [0.1, 0.15) is 0 Å². The summed E-state index contributed by atoms with van der Waals surface area (Å²) in [7, 11) is 0. The Kier molecular flexibility index (Phi) is 6.09. The Balaban J connectivity index is 3.87. The number of rotatable bonds is 6. The quantitative estimate of drug-likeness (QED) is 0.415. The second-order valence-electron chi connectivity index (χ2n) is 3.19. The first kappa shape index (κ1) is 13.4. The second kappa shape index (κ2) is 6.81. The zero-order valence-corrected chi connectivity index (χ0v) is 9.08. The van der Waals surface area contributed by atoms with Crippen molar-refractivity contribution in [3.63, 3.8) is 0 Å². The molecule has 0 bridgehead atoms. The van der Waals surface area contributed by atoms with Crippen LogP contribution in [0.5, 0.6) is 0 Å². The van der Waals surface area contributed by atoms with Crippen molar-refractivity contribution < 1.29 is 19.4 Å². The molecule has 0 fully saturated rings. The number of aliphatic carboxylic acids is 1. The molecular weight excluding hydrogens is 196 g/mol. The molecule has 0 spiro atoms. The molecule has 0 amide bonds. The van der Waals surface area contributed by atoms with Gasteiger partial charge in [0.15, 0.2) is 0 Å². The van der Waals surface area contributed by atoms with E-state index in [4.69, 9.17) is 9.84 Å². The monoisotopic (exact) mass is 212 g/mol. The molecule has 0 aliphatic carbocycles. The van der Waals surface area contributed by atoms with Gasteiger partial charge < -0.3 is 9.84 Å². The minimum absolute atomic E-state index is 0.287. The SMILES string of the molecule is C=CC(=O)OCCCC(C)=C(C)C(=O)O. The predicted octanol–water partition coefficient (Wildman–Crippen LogP) is 1.92. The van der Waals surface area contributed by atoms with Crippen LogP contribution < -0.4 is 0 Å². The van der Waals surface area contributed by atoms with Gasteiger partial charge in [0.05, 0.1) is 6.61 Å². The summed E-state index contributed by atoms with van der Waals surface area (Å²) in [6, 6.07) is 0. The molecule has 1 N–H and O–H groups in total. The molecule has 4 heteroatoms. The van der Waals surface area contributed by atoms with Crippen molar-refractivity contribution in [1.29, 1.82) is 0 Å². The minimum atomic E-state index is -0.907. The number of carbonyl (C=O) groups is 2. The van der Waals surface area contributed by atoms with Gasteiger partial charge in [0.25, 0.3) is 0 Å². The van der Waals surface area contributed by atoms with Gasteiger partial charge in [0.2, 0.25) is 0 Å². The number of carbonyl (C=O) groups excluding carboxylic acids is 1. The largest absolute Gasteiger partial charge is 0.478 e. The number of carboxylic acid groups (broad SMARTS) is 1. The second-order valence-corrected chi connectivity index (χ2v) is 3.19. The van der Waals surface area contributed by atoms with E-state index in [-0.39, 0.29) is 6.61 Å². The fourth-order valence-corrected chi connectivity index (χ4v) is 0.939. The molecule has 0 heterocycles. The summed E-state index contributed by atoms with van der Waals surface area (Å²) in [4.78, 5) is 21.2. The molecule has 0 aliphatic heterocycles. The average Bonchev–Trinajstić information content (AvgIpc) is 2.22. The number of carboxylic acids is 1. The fourth-order valence-electron chi connectivity index (χ4n) is 0.939. The summed E-state index contributed by atoms with van der Waals surface area (Å²) >= 11 is 0. The molecule has 0 aromatic heterocycles. The average molecular weight is 212 g/mol. The zero-order chi connectivity index (χ0) is 11.8. The molecule has 0 aliphatic rings. The van der Waals surface area contributed by atoms with E-state index in [9.17, 15) is 9.59 Å². The number of ether oxygens (including phenoxy) is 1. The first-order valence-electron chi connectivity index (χ1n) is 4.68. The number of allylic oxidation sites excluding steroid dienone is 1. The van der Waals surface area contributed by atoms with Crippen LogP contribution in [0.4, 0.5) is 0 Å². The Labute approximate surface area is 89.2 Å². The van der Waals surface area contributed by atoms with Gasteiger partial charge >= 0.3 is 11.9 Å². The zero-order valence-electron chi connectivity index (χ0n) is 9.08. The van der Waals surface area contributed by atoms with E-state index in [1.54, 1.807) is 13.8 Å². The summed E-state index contributed by atoms with van der Waals surface area (Å²) in [6.45, 7) is 6.88. The van der Waals surface area contributed by atoms with Crippen LogP contribution in [0, 0.1) is 0 Å². The van der Waals surface area contributed by atoms with Gasteiger partial charge in [-0.15, -0.1) is 0 Å². The molecule has 0 unspecified atom stereocenters. The summed E-state index contributed by atoms with van der Waals surface area (Å²) in [6.07, 6.45) is 2.34. The third-order valence-electron chi connectivity index (χ3n) is 2.07. The molecule has 0 saturated carbocycles. The first-order valence-corrected chi connectivity index (χ1v) is 4.68. The maximum absolute atomic E-state index is 10.7. The molecule has 0 atom stereocenters. The minimum Gasteiger partial charge on any atom is -0.478 e. The number of hydrogen-bond donors (Lipinski definition) is 1. The summed E-state index contributed by atoms with van der Waals surface area (Å²) in [5, 5.41) is 8.68. The van der Waals surface area contributed by atoms with Crippen LogP contribution in [0.1, 0.15) is 26.7 Å². The highest BCUT2D eigenvalue weighted by atomic mass is 16.5. The van der Waals surface area contributed by atoms with Gasteiger partial charge in [-0.2, -0.15) is 0 Å². The normalized spacial score (nSPS) is 11.6. The van der Waals surface area contributed by atoms with E-state index in [0.29, 0.717) is 18.4 Å². The van der Waals surface area contributed by atoms with Crippen molar-refractivity contribution in [1.82, 2.24) is 0 Å². The Hall–Kier alpha value is -1.58. The molecule has 0 aromatic rings. The highest BCUT2D eigenvalue weighted by Gasteiger charge is 2.05. The van der Waals surface area contributed by atoms with Crippen LogP contribution in [0.25, 0.3) is 0 Å². The van der Waals surface area contributed by atoms with Gasteiger partial charge in [-0.05, 0) is 26.7 Å². The molecule has 84 valence electrons. The van der Waals surface area contributed by atoms with E-state index < -0.39 is 11.9 Å². The van der Waals surface area contributed by atoms with Gasteiger partial charge in [0, 0.05) is 11.6 Å². The molecular formula is C11H16O4. The maximum atomic E-state index is 10.7. The third-order valence-corrected chi connectivity index (χ3v) is 2.07. The van der Waals surface area contributed by atoms with Crippen LogP contribution in [-0.2, 0) is 14.3 Å². The number of esters is 1. The van der Waals surface area contributed by atoms with E-state index >= 15 is 0 Å². The van der Waals surface area contributed by atoms with Crippen molar-refractivity contribution in [2.75, 3.05) is 6.61 Å². The fraction of sp³-hybridized carbons (Fsp3) is 0.455. The highest BCUT2D eigenvalue weighted by Crippen LogP contribution is 2.10. The van der Waals surface area contributed by atoms with E-state index in [0.717, 1.165) is 11.6 Å². The summed E-state index contributed by atoms with van der Waals surface area (Å²) < 4.78 is 4.75.